The summed E-state index contributed by atoms with van der Waals surface area (Å²) in [7, 11) is -1.81. The fraction of sp³-hybridized carbons (Fsp3) is 0.885. The standard InChI is InChI=1S/C26H40O6Si/c1-23-10-8-18(27)12-17(23)6-7-19-20-9-11-25(26(31-16-29-25)14-28-15-30-26)24(20,2)13-21(22(19)23)32-33(3,4)5/h12,19-22H,6-11,13-16H2,1-5H3. The minimum absolute atomic E-state index is 0.0515. The first-order valence-corrected chi connectivity index (χ1v) is 16.4. The van der Waals surface area contributed by atoms with Gasteiger partial charge in [0.15, 0.2) is 27.7 Å². The van der Waals surface area contributed by atoms with E-state index in [0.29, 0.717) is 36.6 Å². The van der Waals surface area contributed by atoms with Crippen molar-refractivity contribution in [3.05, 3.63) is 11.6 Å². The number of ketones is 1. The van der Waals surface area contributed by atoms with Crippen molar-refractivity contribution < 1.29 is 28.2 Å². The summed E-state index contributed by atoms with van der Waals surface area (Å²) in [6.07, 6.45) is 8.95. The second-order valence-corrected chi connectivity index (χ2v) is 17.4. The first kappa shape index (κ1) is 22.9. The molecule has 0 aromatic rings. The van der Waals surface area contributed by atoms with Crippen LogP contribution in [0.5, 0.6) is 0 Å². The Hall–Kier alpha value is -0.573. The molecule has 0 amide bonds. The lowest BCUT2D eigenvalue weighted by Crippen LogP contribution is -2.67. The SMILES string of the molecule is CC12CCC(=O)C=C1CCC1C2C(O[Si](C)(C)C)CC2(C)C1CCC21OCOC12COCO2. The van der Waals surface area contributed by atoms with Gasteiger partial charge in [-0.05, 0) is 87.4 Å². The Morgan fingerprint density at radius 2 is 1.82 bits per heavy atom. The van der Waals surface area contributed by atoms with Gasteiger partial charge in [0.25, 0.3) is 0 Å². The maximum absolute atomic E-state index is 12.3. The summed E-state index contributed by atoms with van der Waals surface area (Å²) in [5.74, 6) is 1.05. The molecule has 3 saturated carbocycles. The van der Waals surface area contributed by atoms with Crippen LogP contribution in [-0.2, 0) is 28.2 Å². The van der Waals surface area contributed by atoms with E-state index in [-0.39, 0.29) is 30.5 Å². The lowest BCUT2D eigenvalue weighted by Gasteiger charge is -2.63. The molecule has 0 N–H and O–H groups in total. The fourth-order valence-electron chi connectivity index (χ4n) is 9.19. The Labute approximate surface area is 198 Å². The average molecular weight is 477 g/mol. The van der Waals surface area contributed by atoms with Crippen molar-refractivity contribution in [1.82, 2.24) is 0 Å². The number of hydrogen-bond acceptors (Lipinski definition) is 6. The van der Waals surface area contributed by atoms with Crippen molar-refractivity contribution in [2.45, 2.75) is 95.9 Å². The zero-order chi connectivity index (χ0) is 23.3. The molecule has 7 heteroatoms. The highest BCUT2D eigenvalue weighted by molar-refractivity contribution is 6.69. The molecule has 0 radical (unpaired) electrons. The van der Waals surface area contributed by atoms with Crippen molar-refractivity contribution in [1.29, 1.82) is 0 Å². The Balaban J connectivity index is 1.45. The second kappa shape index (κ2) is 7.23. The van der Waals surface area contributed by atoms with Crippen LogP contribution in [0.3, 0.4) is 0 Å². The van der Waals surface area contributed by atoms with Crippen molar-refractivity contribution in [2.75, 3.05) is 20.2 Å². The molecule has 184 valence electrons. The molecule has 6 aliphatic rings. The van der Waals surface area contributed by atoms with Gasteiger partial charge in [0.2, 0.25) is 5.79 Å². The zero-order valence-corrected chi connectivity index (χ0v) is 21.9. The van der Waals surface area contributed by atoms with E-state index in [1.165, 1.54) is 5.57 Å². The minimum atomic E-state index is -1.81. The molecule has 2 spiro atoms. The lowest BCUT2D eigenvalue weighted by atomic mass is 9.45. The van der Waals surface area contributed by atoms with Gasteiger partial charge < -0.3 is 23.4 Å². The van der Waals surface area contributed by atoms with Crippen LogP contribution in [0.1, 0.15) is 58.8 Å². The Bertz CT molecular complexity index is 869. The highest BCUT2D eigenvalue weighted by atomic mass is 28.4. The van der Waals surface area contributed by atoms with Gasteiger partial charge in [0.05, 0.1) is 0 Å². The fourth-order valence-corrected chi connectivity index (χ4v) is 10.3. The molecule has 6 rings (SSSR count). The maximum atomic E-state index is 12.3. The summed E-state index contributed by atoms with van der Waals surface area (Å²) < 4.78 is 31.8. The maximum Gasteiger partial charge on any atom is 0.226 e. The third-order valence-electron chi connectivity index (χ3n) is 10.4. The predicted octanol–water partition coefficient (Wildman–Crippen LogP) is 4.79. The summed E-state index contributed by atoms with van der Waals surface area (Å²) in [6.45, 7) is 12.8. The summed E-state index contributed by atoms with van der Waals surface area (Å²) in [4.78, 5) is 12.3. The molecule has 33 heavy (non-hydrogen) atoms. The van der Waals surface area contributed by atoms with Crippen molar-refractivity contribution in [2.24, 2.45) is 28.6 Å². The first-order valence-electron chi connectivity index (χ1n) is 13.0. The Morgan fingerprint density at radius 1 is 1.03 bits per heavy atom. The molecule has 0 aromatic heterocycles. The quantitative estimate of drug-likeness (QED) is 0.534. The van der Waals surface area contributed by atoms with Gasteiger partial charge in [-0.25, -0.2) is 0 Å². The third kappa shape index (κ3) is 2.99. The molecule has 2 saturated heterocycles. The van der Waals surface area contributed by atoms with Crippen LogP contribution in [0.15, 0.2) is 11.6 Å². The molecule has 0 bridgehead atoms. The molecule has 6 nitrogen and oxygen atoms in total. The Kier molecular flexibility index (Phi) is 5.01. The molecule has 0 aromatic carbocycles. The predicted molar refractivity (Wildman–Crippen MR) is 125 cm³/mol. The van der Waals surface area contributed by atoms with E-state index in [4.69, 9.17) is 23.4 Å². The third-order valence-corrected chi connectivity index (χ3v) is 11.4. The van der Waals surface area contributed by atoms with E-state index in [0.717, 1.165) is 38.5 Å². The summed E-state index contributed by atoms with van der Waals surface area (Å²) >= 11 is 0. The van der Waals surface area contributed by atoms with Crippen LogP contribution in [0, 0.1) is 28.6 Å². The topological polar surface area (TPSA) is 63.2 Å². The molecule has 2 heterocycles. The number of fused-ring (bicyclic) bond motifs is 7. The number of carbonyl (C=O) groups excluding carboxylic acids is 1. The first-order chi connectivity index (χ1) is 15.5. The van der Waals surface area contributed by atoms with Crippen molar-refractivity contribution in [3.8, 4) is 0 Å². The molecule has 5 fully saturated rings. The molecular weight excluding hydrogens is 436 g/mol. The van der Waals surface area contributed by atoms with Gasteiger partial charge in [-0.1, -0.05) is 19.4 Å². The van der Waals surface area contributed by atoms with Crippen LogP contribution in [0.25, 0.3) is 0 Å². The van der Waals surface area contributed by atoms with Crippen LogP contribution < -0.4 is 0 Å². The highest BCUT2D eigenvalue weighted by Crippen LogP contribution is 2.72. The van der Waals surface area contributed by atoms with E-state index in [1.54, 1.807) is 0 Å². The summed E-state index contributed by atoms with van der Waals surface area (Å²) in [5.41, 5.74) is 0.831. The van der Waals surface area contributed by atoms with E-state index in [9.17, 15) is 4.79 Å². The van der Waals surface area contributed by atoms with Gasteiger partial charge in [-0.2, -0.15) is 0 Å². The average Bonchev–Trinajstić information content (AvgIpc) is 3.42. The summed E-state index contributed by atoms with van der Waals surface area (Å²) in [6, 6.07) is 0. The number of ether oxygens (including phenoxy) is 4. The van der Waals surface area contributed by atoms with Gasteiger partial charge in [0.1, 0.15) is 12.2 Å². The Morgan fingerprint density at radius 3 is 2.55 bits per heavy atom. The van der Waals surface area contributed by atoms with Gasteiger partial charge in [0, 0.05) is 17.9 Å². The van der Waals surface area contributed by atoms with Gasteiger partial charge in [-0.15, -0.1) is 0 Å². The van der Waals surface area contributed by atoms with E-state index >= 15 is 0 Å². The molecule has 2 aliphatic heterocycles. The normalized spacial score (nSPS) is 51.5. The van der Waals surface area contributed by atoms with Gasteiger partial charge in [-0.3, -0.25) is 4.79 Å². The zero-order valence-electron chi connectivity index (χ0n) is 20.9. The van der Waals surface area contributed by atoms with Crippen LogP contribution in [0.4, 0.5) is 0 Å². The molecule has 8 unspecified atom stereocenters. The van der Waals surface area contributed by atoms with Crippen LogP contribution >= 0.6 is 0 Å². The molecular formula is C26H40O6Si. The number of allylic oxidation sites excluding steroid dienone is 1. The smallest absolute Gasteiger partial charge is 0.226 e. The monoisotopic (exact) mass is 476 g/mol. The van der Waals surface area contributed by atoms with Crippen LogP contribution in [0.2, 0.25) is 19.6 Å². The number of carbonyl (C=O) groups is 1. The summed E-state index contributed by atoms with van der Waals surface area (Å²) in [5, 5.41) is 0. The minimum Gasteiger partial charge on any atom is -0.414 e. The molecule has 4 aliphatic carbocycles. The van der Waals surface area contributed by atoms with Gasteiger partial charge >= 0.3 is 0 Å². The largest absolute Gasteiger partial charge is 0.414 e. The lowest BCUT2D eigenvalue weighted by molar-refractivity contribution is -0.256. The highest BCUT2D eigenvalue weighted by Gasteiger charge is 2.77. The van der Waals surface area contributed by atoms with Crippen molar-refractivity contribution >= 4 is 14.1 Å². The van der Waals surface area contributed by atoms with Crippen LogP contribution in [-0.4, -0.2) is 51.8 Å². The van der Waals surface area contributed by atoms with E-state index < -0.39 is 19.7 Å². The van der Waals surface area contributed by atoms with E-state index in [2.05, 4.69) is 33.5 Å². The molecule has 8 atom stereocenters. The number of rotatable bonds is 2. The van der Waals surface area contributed by atoms with E-state index in [1.807, 2.05) is 6.08 Å². The number of hydrogen-bond donors (Lipinski definition) is 0. The van der Waals surface area contributed by atoms with Crippen molar-refractivity contribution in [3.63, 3.8) is 0 Å². The second-order valence-electron chi connectivity index (χ2n) is 12.9.